The van der Waals surface area contributed by atoms with Gasteiger partial charge < -0.3 is 10.4 Å². The Morgan fingerprint density at radius 1 is 1.26 bits per heavy atom. The van der Waals surface area contributed by atoms with Gasteiger partial charge in [-0.25, -0.2) is 8.42 Å². The van der Waals surface area contributed by atoms with Crippen LogP contribution in [0.25, 0.3) is 0 Å². The first-order valence-electron chi connectivity index (χ1n) is 8.53. The van der Waals surface area contributed by atoms with Gasteiger partial charge in [-0.2, -0.15) is 5.10 Å². The number of hydrogen-bond donors (Lipinski definition) is 3. The molecular weight excluding hydrogens is 392 g/mol. The first-order chi connectivity index (χ1) is 12.7. The van der Waals surface area contributed by atoms with Gasteiger partial charge in [-0.05, 0) is 31.0 Å². The highest BCUT2D eigenvalue weighted by atomic mass is 35.5. The predicted octanol–water partition coefficient (Wildman–Crippen LogP) is 2.64. The van der Waals surface area contributed by atoms with Crippen LogP contribution < -0.4 is 10.0 Å². The number of nitrogens with one attached hydrogen (secondary N) is 2. The van der Waals surface area contributed by atoms with Crippen LogP contribution in [-0.4, -0.2) is 41.6 Å². The van der Waals surface area contributed by atoms with E-state index >= 15 is 0 Å². The molecule has 27 heavy (non-hydrogen) atoms. The van der Waals surface area contributed by atoms with Crippen molar-refractivity contribution < 1.29 is 18.3 Å². The molecule has 1 aromatic heterocycles. The Bertz CT molecular complexity index is 944. The molecule has 0 spiro atoms. The summed E-state index contributed by atoms with van der Waals surface area (Å²) in [6.45, 7) is 0. The van der Waals surface area contributed by atoms with E-state index in [4.69, 9.17) is 11.6 Å². The van der Waals surface area contributed by atoms with E-state index in [1.807, 2.05) is 0 Å². The van der Waals surface area contributed by atoms with E-state index in [0.717, 1.165) is 31.9 Å². The quantitative estimate of drug-likeness (QED) is 0.698. The van der Waals surface area contributed by atoms with Gasteiger partial charge in [0.15, 0.2) is 0 Å². The van der Waals surface area contributed by atoms with Crippen LogP contribution in [0.4, 0.5) is 11.4 Å². The lowest BCUT2D eigenvalue weighted by Gasteiger charge is -2.27. The molecule has 1 amide bonds. The summed E-state index contributed by atoms with van der Waals surface area (Å²) in [6.07, 6.45) is 7.16. The summed E-state index contributed by atoms with van der Waals surface area (Å²) in [4.78, 5) is 12.5. The van der Waals surface area contributed by atoms with Crippen molar-refractivity contribution in [2.75, 3.05) is 16.3 Å². The number of rotatable bonds is 5. The number of amides is 1. The second kappa shape index (κ2) is 7.87. The highest BCUT2D eigenvalue weighted by Crippen LogP contribution is 2.28. The van der Waals surface area contributed by atoms with E-state index in [0.29, 0.717) is 11.3 Å². The lowest BCUT2D eigenvalue weighted by atomic mass is 9.93. The van der Waals surface area contributed by atoms with Gasteiger partial charge in [0, 0.05) is 16.9 Å². The van der Waals surface area contributed by atoms with E-state index in [-0.39, 0.29) is 16.8 Å². The maximum atomic E-state index is 12.5. The lowest BCUT2D eigenvalue weighted by Crippen LogP contribution is -2.27. The van der Waals surface area contributed by atoms with Gasteiger partial charge in [0.1, 0.15) is 0 Å². The number of aliphatic hydroxyl groups is 1. The van der Waals surface area contributed by atoms with Crippen molar-refractivity contribution in [3.8, 4) is 0 Å². The maximum absolute atomic E-state index is 12.5. The van der Waals surface area contributed by atoms with Crippen LogP contribution >= 0.6 is 11.6 Å². The molecule has 0 radical (unpaired) electrons. The summed E-state index contributed by atoms with van der Waals surface area (Å²) >= 11 is 6.00. The summed E-state index contributed by atoms with van der Waals surface area (Å²) in [7, 11) is -3.46. The third-order valence-electron chi connectivity index (χ3n) is 4.36. The first-order valence-corrected chi connectivity index (χ1v) is 10.8. The van der Waals surface area contributed by atoms with Gasteiger partial charge in [0.05, 0.1) is 35.8 Å². The van der Waals surface area contributed by atoms with Gasteiger partial charge in [-0.1, -0.05) is 24.4 Å². The molecule has 2 unspecified atom stereocenters. The van der Waals surface area contributed by atoms with Crippen molar-refractivity contribution in [2.24, 2.45) is 0 Å². The third kappa shape index (κ3) is 5.21. The number of nitrogens with zero attached hydrogens (tertiary/aromatic N) is 2. The van der Waals surface area contributed by atoms with Gasteiger partial charge in [-0.15, -0.1) is 0 Å². The fourth-order valence-electron chi connectivity index (χ4n) is 3.18. The molecule has 10 heteroatoms. The zero-order valence-corrected chi connectivity index (χ0v) is 16.3. The minimum Gasteiger partial charge on any atom is -0.391 e. The fourth-order valence-corrected chi connectivity index (χ4v) is 3.96. The molecular formula is C17H21ClN4O4S. The zero-order valence-electron chi connectivity index (χ0n) is 14.7. The number of hydrogen-bond acceptors (Lipinski definition) is 5. The van der Waals surface area contributed by atoms with Crippen LogP contribution in [0.5, 0.6) is 0 Å². The van der Waals surface area contributed by atoms with Crippen molar-refractivity contribution in [3.05, 3.63) is 41.2 Å². The topological polar surface area (TPSA) is 113 Å². The summed E-state index contributed by atoms with van der Waals surface area (Å²) in [6, 6.07) is 4.31. The maximum Gasteiger partial charge on any atom is 0.258 e. The Hall–Kier alpha value is -2.10. The molecule has 8 nitrogen and oxygen atoms in total. The van der Waals surface area contributed by atoms with Crippen molar-refractivity contribution in [1.29, 1.82) is 0 Å². The molecule has 1 aromatic carbocycles. The first kappa shape index (κ1) is 19.7. The predicted molar refractivity (Wildman–Crippen MR) is 104 cm³/mol. The summed E-state index contributed by atoms with van der Waals surface area (Å²) in [5.41, 5.74) is 0.941. The summed E-state index contributed by atoms with van der Waals surface area (Å²) in [5, 5.41) is 17.3. The average molecular weight is 413 g/mol. The van der Waals surface area contributed by atoms with Crippen LogP contribution in [0, 0.1) is 0 Å². The molecule has 1 aliphatic carbocycles. The molecule has 0 saturated heterocycles. The minimum absolute atomic E-state index is 0.128. The second-order valence-electron chi connectivity index (χ2n) is 6.69. The molecule has 1 saturated carbocycles. The van der Waals surface area contributed by atoms with E-state index in [1.165, 1.54) is 24.4 Å². The SMILES string of the molecule is CS(=O)(=O)Nc1cc(Cl)cc(NC(=O)c2cnn(C3CCCCC3O)c2)c1. The van der Waals surface area contributed by atoms with Gasteiger partial charge in [0.2, 0.25) is 10.0 Å². The Kier molecular flexibility index (Phi) is 5.73. The molecule has 3 N–H and O–H groups in total. The highest BCUT2D eigenvalue weighted by molar-refractivity contribution is 7.92. The van der Waals surface area contributed by atoms with Crippen LogP contribution in [0.1, 0.15) is 42.1 Å². The Balaban J connectivity index is 1.74. The number of carbonyl (C=O) groups is 1. The van der Waals surface area contributed by atoms with Gasteiger partial charge >= 0.3 is 0 Å². The van der Waals surface area contributed by atoms with Crippen LogP contribution in [0.2, 0.25) is 5.02 Å². The molecule has 3 rings (SSSR count). The molecule has 1 aliphatic rings. The molecule has 2 aromatic rings. The number of aromatic nitrogens is 2. The fraction of sp³-hybridized carbons (Fsp3) is 0.412. The van der Waals surface area contributed by atoms with E-state index < -0.39 is 22.0 Å². The minimum atomic E-state index is -3.46. The molecule has 0 aliphatic heterocycles. The second-order valence-corrected chi connectivity index (χ2v) is 8.87. The van der Waals surface area contributed by atoms with Crippen molar-refractivity contribution in [2.45, 2.75) is 37.8 Å². The van der Waals surface area contributed by atoms with Crippen molar-refractivity contribution in [1.82, 2.24) is 9.78 Å². The molecule has 146 valence electrons. The van der Waals surface area contributed by atoms with Crippen LogP contribution in [0.3, 0.4) is 0 Å². The number of anilines is 2. The summed E-state index contributed by atoms with van der Waals surface area (Å²) in [5.74, 6) is -0.404. The number of benzene rings is 1. The molecule has 2 atom stereocenters. The average Bonchev–Trinajstić information content (AvgIpc) is 3.03. The van der Waals surface area contributed by atoms with Gasteiger partial charge in [0.25, 0.3) is 5.91 Å². The largest absolute Gasteiger partial charge is 0.391 e. The number of sulfonamides is 1. The van der Waals surface area contributed by atoms with Crippen LogP contribution in [0.15, 0.2) is 30.6 Å². The van der Waals surface area contributed by atoms with E-state index in [2.05, 4.69) is 15.1 Å². The van der Waals surface area contributed by atoms with E-state index in [9.17, 15) is 18.3 Å². The molecule has 1 fully saturated rings. The molecule has 0 bridgehead atoms. The summed E-state index contributed by atoms with van der Waals surface area (Å²) < 4.78 is 26.7. The lowest BCUT2D eigenvalue weighted by molar-refractivity contribution is 0.0693. The van der Waals surface area contributed by atoms with E-state index in [1.54, 1.807) is 10.9 Å². The number of aliphatic hydroxyl groups excluding tert-OH is 1. The van der Waals surface area contributed by atoms with Crippen LogP contribution in [-0.2, 0) is 10.0 Å². The Morgan fingerprint density at radius 2 is 1.96 bits per heavy atom. The van der Waals surface area contributed by atoms with Crippen molar-refractivity contribution in [3.63, 3.8) is 0 Å². The zero-order chi connectivity index (χ0) is 19.6. The highest BCUT2D eigenvalue weighted by Gasteiger charge is 2.25. The Labute approximate surface area is 162 Å². The van der Waals surface area contributed by atoms with Crippen molar-refractivity contribution >= 4 is 38.9 Å². The monoisotopic (exact) mass is 412 g/mol. The standard InChI is InChI=1S/C17H21ClN4O4S/c1-27(25,26)21-14-7-12(18)6-13(8-14)20-17(24)11-9-19-22(10-11)15-4-2-3-5-16(15)23/h6-10,15-16,21,23H,2-5H2,1H3,(H,20,24). The number of halogens is 1. The van der Waals surface area contributed by atoms with Gasteiger partial charge in [-0.3, -0.25) is 14.2 Å². The number of carbonyl (C=O) groups excluding carboxylic acids is 1. The molecule has 1 heterocycles. The normalized spacial score (nSPS) is 20.3. The Morgan fingerprint density at radius 3 is 2.67 bits per heavy atom. The third-order valence-corrected chi connectivity index (χ3v) is 5.18. The smallest absolute Gasteiger partial charge is 0.258 e.